The lowest BCUT2D eigenvalue weighted by Crippen LogP contribution is -2.49. The summed E-state index contributed by atoms with van der Waals surface area (Å²) in [6, 6.07) is 4.56. The maximum Gasteiger partial charge on any atom is 0.339 e. The van der Waals surface area contributed by atoms with Crippen LogP contribution < -0.4 is 11.1 Å². The van der Waals surface area contributed by atoms with E-state index in [1.807, 2.05) is 0 Å². The summed E-state index contributed by atoms with van der Waals surface area (Å²) in [5, 5.41) is 3.03. The molecule has 3 N–H and O–H groups in total. The summed E-state index contributed by atoms with van der Waals surface area (Å²) in [5.41, 5.74) is 6.52. The minimum Gasteiger partial charge on any atom is -0.465 e. The van der Waals surface area contributed by atoms with Gasteiger partial charge in [0.15, 0.2) is 0 Å². The Balaban J connectivity index is 2.08. The molecular weight excluding hydrogens is 306 g/mol. The molecule has 0 aromatic heterocycles. The maximum absolute atomic E-state index is 12.3. The highest BCUT2D eigenvalue weighted by molar-refractivity contribution is 6.33. The molecule has 0 saturated carbocycles. The number of anilines is 1. The van der Waals surface area contributed by atoms with Gasteiger partial charge in [0.1, 0.15) is 0 Å². The van der Waals surface area contributed by atoms with Crippen LogP contribution in [0.5, 0.6) is 0 Å². The molecule has 1 saturated heterocycles. The van der Waals surface area contributed by atoms with E-state index in [2.05, 4.69) is 10.1 Å². The molecule has 1 aliphatic rings. The van der Waals surface area contributed by atoms with Crippen molar-refractivity contribution < 1.29 is 14.3 Å². The molecule has 1 heterocycles. The first kappa shape index (κ1) is 16.6. The van der Waals surface area contributed by atoms with Crippen molar-refractivity contribution >= 4 is 29.3 Å². The first-order valence-electron chi connectivity index (χ1n) is 7.22. The summed E-state index contributed by atoms with van der Waals surface area (Å²) < 4.78 is 4.63. The maximum atomic E-state index is 12.3. The fourth-order valence-corrected chi connectivity index (χ4v) is 2.83. The molecule has 7 heteroatoms. The van der Waals surface area contributed by atoms with Crippen LogP contribution in [0.4, 0.5) is 10.5 Å². The second kappa shape index (κ2) is 7.47. The minimum atomic E-state index is -0.512. The number of nitrogens with zero attached hydrogens (tertiary/aromatic N) is 1. The number of esters is 1. The Morgan fingerprint density at radius 1 is 1.45 bits per heavy atom. The van der Waals surface area contributed by atoms with E-state index in [9.17, 15) is 9.59 Å². The average Bonchev–Trinajstić information content (AvgIpc) is 2.54. The van der Waals surface area contributed by atoms with Crippen molar-refractivity contribution in [1.29, 1.82) is 0 Å². The Labute approximate surface area is 134 Å². The summed E-state index contributed by atoms with van der Waals surface area (Å²) in [6.07, 6.45) is 2.99. The van der Waals surface area contributed by atoms with Gasteiger partial charge in [-0.15, -0.1) is 0 Å². The zero-order valence-electron chi connectivity index (χ0n) is 12.5. The van der Waals surface area contributed by atoms with E-state index in [0.717, 1.165) is 19.3 Å². The fraction of sp³-hybridized carbons (Fsp3) is 0.467. The summed E-state index contributed by atoms with van der Waals surface area (Å²) in [5.74, 6) is -0.512. The Kier molecular flexibility index (Phi) is 5.63. The second-order valence-electron chi connectivity index (χ2n) is 5.20. The molecule has 1 aromatic rings. The van der Waals surface area contributed by atoms with Gasteiger partial charge in [0.05, 0.1) is 17.7 Å². The van der Waals surface area contributed by atoms with Gasteiger partial charge in [-0.1, -0.05) is 11.6 Å². The van der Waals surface area contributed by atoms with Crippen LogP contribution in [-0.2, 0) is 4.74 Å². The van der Waals surface area contributed by atoms with Crippen LogP contribution in [0, 0.1) is 0 Å². The number of hydrogen-bond donors (Lipinski definition) is 2. The van der Waals surface area contributed by atoms with Crippen LogP contribution in [0.2, 0.25) is 5.02 Å². The number of piperidine rings is 1. The van der Waals surface area contributed by atoms with Gasteiger partial charge in [0, 0.05) is 24.8 Å². The smallest absolute Gasteiger partial charge is 0.339 e. The number of benzene rings is 1. The predicted octanol–water partition coefficient (Wildman–Crippen LogP) is 2.47. The molecule has 0 aliphatic carbocycles. The third-order valence-corrected chi connectivity index (χ3v) is 4.10. The molecule has 0 bridgehead atoms. The minimum absolute atomic E-state index is 0.0681. The highest BCUT2D eigenvalue weighted by Crippen LogP contribution is 2.23. The Morgan fingerprint density at radius 3 is 2.86 bits per heavy atom. The lowest BCUT2D eigenvalue weighted by atomic mass is 10.0. The SMILES string of the molecule is COC(=O)c1ccc(NC(=O)N2CCCCC2CN)cc1Cl. The van der Waals surface area contributed by atoms with E-state index < -0.39 is 5.97 Å². The third kappa shape index (κ3) is 3.69. The second-order valence-corrected chi connectivity index (χ2v) is 5.60. The van der Waals surface area contributed by atoms with Crippen molar-refractivity contribution in [1.82, 2.24) is 4.90 Å². The molecule has 0 spiro atoms. The average molecular weight is 326 g/mol. The molecule has 22 heavy (non-hydrogen) atoms. The number of urea groups is 1. The van der Waals surface area contributed by atoms with Crippen molar-refractivity contribution in [3.05, 3.63) is 28.8 Å². The number of methoxy groups -OCH3 is 1. The highest BCUT2D eigenvalue weighted by Gasteiger charge is 2.25. The van der Waals surface area contributed by atoms with Gasteiger partial charge < -0.3 is 20.7 Å². The Bertz CT molecular complexity index is 565. The number of halogens is 1. The topological polar surface area (TPSA) is 84.7 Å². The zero-order chi connectivity index (χ0) is 16.1. The number of amides is 2. The molecular formula is C15H20ClN3O3. The standard InChI is InChI=1S/C15H20ClN3O3/c1-22-14(20)12-6-5-10(8-13(12)16)18-15(21)19-7-3-2-4-11(19)9-17/h5-6,8,11H,2-4,7,9,17H2,1H3,(H,18,21). The molecule has 6 nitrogen and oxygen atoms in total. The summed E-state index contributed by atoms with van der Waals surface area (Å²) in [4.78, 5) is 25.6. The van der Waals surface area contributed by atoms with E-state index >= 15 is 0 Å². The van der Waals surface area contributed by atoms with Crippen molar-refractivity contribution in [2.45, 2.75) is 25.3 Å². The summed E-state index contributed by atoms with van der Waals surface area (Å²) in [6.45, 7) is 1.15. The number of carbonyl (C=O) groups is 2. The number of nitrogens with one attached hydrogen (secondary N) is 1. The number of ether oxygens (including phenoxy) is 1. The van der Waals surface area contributed by atoms with Gasteiger partial charge >= 0.3 is 12.0 Å². The van der Waals surface area contributed by atoms with Crippen molar-refractivity contribution in [2.75, 3.05) is 25.5 Å². The summed E-state index contributed by atoms with van der Waals surface area (Å²) in [7, 11) is 1.29. The van der Waals surface area contributed by atoms with Gasteiger partial charge in [-0.25, -0.2) is 9.59 Å². The first-order valence-corrected chi connectivity index (χ1v) is 7.60. The van der Waals surface area contributed by atoms with Crippen molar-refractivity contribution in [2.24, 2.45) is 5.73 Å². The molecule has 1 fully saturated rings. The normalized spacial score (nSPS) is 18.0. The van der Waals surface area contributed by atoms with E-state index in [1.54, 1.807) is 11.0 Å². The van der Waals surface area contributed by atoms with Crippen LogP contribution in [-0.4, -0.2) is 43.1 Å². The molecule has 1 aromatic carbocycles. The van der Waals surface area contributed by atoms with Gasteiger partial charge in [0.2, 0.25) is 0 Å². The first-order chi connectivity index (χ1) is 10.6. The van der Waals surface area contributed by atoms with Crippen LogP contribution in [0.1, 0.15) is 29.6 Å². The fourth-order valence-electron chi connectivity index (χ4n) is 2.58. The van der Waals surface area contributed by atoms with Crippen LogP contribution >= 0.6 is 11.6 Å². The molecule has 2 amide bonds. The molecule has 120 valence electrons. The summed E-state index contributed by atoms with van der Waals surface area (Å²) >= 11 is 6.04. The molecule has 0 radical (unpaired) electrons. The van der Waals surface area contributed by atoms with Crippen LogP contribution in [0.3, 0.4) is 0 Å². The van der Waals surface area contributed by atoms with Gasteiger partial charge in [-0.2, -0.15) is 0 Å². The number of hydrogen-bond acceptors (Lipinski definition) is 4. The molecule has 1 unspecified atom stereocenters. The van der Waals surface area contributed by atoms with Crippen molar-refractivity contribution in [3.8, 4) is 0 Å². The van der Waals surface area contributed by atoms with Gasteiger partial charge in [-0.05, 0) is 37.5 Å². The zero-order valence-corrected chi connectivity index (χ0v) is 13.2. The van der Waals surface area contributed by atoms with Gasteiger partial charge in [-0.3, -0.25) is 0 Å². The predicted molar refractivity (Wildman–Crippen MR) is 85.2 cm³/mol. The van der Waals surface area contributed by atoms with Crippen LogP contribution in [0.15, 0.2) is 18.2 Å². The van der Waals surface area contributed by atoms with Crippen molar-refractivity contribution in [3.63, 3.8) is 0 Å². The molecule has 1 atom stereocenters. The Hall–Kier alpha value is -1.79. The number of carbonyl (C=O) groups excluding carboxylic acids is 2. The van der Waals surface area contributed by atoms with Crippen LogP contribution in [0.25, 0.3) is 0 Å². The lowest BCUT2D eigenvalue weighted by Gasteiger charge is -2.35. The number of nitrogens with two attached hydrogens (primary N) is 1. The highest BCUT2D eigenvalue weighted by atomic mass is 35.5. The van der Waals surface area contributed by atoms with E-state index in [-0.39, 0.29) is 22.7 Å². The molecule has 1 aliphatic heterocycles. The van der Waals surface area contributed by atoms with E-state index in [0.29, 0.717) is 18.8 Å². The monoisotopic (exact) mass is 325 g/mol. The van der Waals surface area contributed by atoms with E-state index in [1.165, 1.54) is 19.2 Å². The van der Waals surface area contributed by atoms with E-state index in [4.69, 9.17) is 17.3 Å². The number of rotatable bonds is 3. The molecule has 2 rings (SSSR count). The number of likely N-dealkylation sites (tertiary alicyclic amines) is 1. The van der Waals surface area contributed by atoms with Gasteiger partial charge in [0.25, 0.3) is 0 Å². The Morgan fingerprint density at radius 2 is 2.23 bits per heavy atom. The third-order valence-electron chi connectivity index (χ3n) is 3.79. The quantitative estimate of drug-likeness (QED) is 0.836. The largest absolute Gasteiger partial charge is 0.465 e. The lowest BCUT2D eigenvalue weighted by molar-refractivity contribution is 0.0601.